The van der Waals surface area contributed by atoms with Crippen molar-refractivity contribution < 1.29 is 4.52 Å². The molecule has 16 heavy (non-hydrogen) atoms. The molecule has 1 unspecified atom stereocenters. The standard InChI is InChI=1S/C12H23N3O/c1-3-5-6-7-9-11-14-12(15-16-11)10(13)8-4-2/h10H,3-9,13H2,1-2H3. The minimum absolute atomic E-state index is 0.0712. The Balaban J connectivity index is 2.33. The van der Waals surface area contributed by atoms with Crippen LogP contribution in [-0.2, 0) is 6.42 Å². The van der Waals surface area contributed by atoms with E-state index in [0.29, 0.717) is 5.82 Å². The second-order valence-corrected chi connectivity index (χ2v) is 4.25. The largest absolute Gasteiger partial charge is 0.339 e. The molecule has 1 aromatic rings. The molecule has 0 aliphatic carbocycles. The normalized spacial score (nSPS) is 12.9. The van der Waals surface area contributed by atoms with E-state index >= 15 is 0 Å². The fourth-order valence-corrected chi connectivity index (χ4v) is 1.66. The average molecular weight is 225 g/mol. The van der Waals surface area contributed by atoms with Gasteiger partial charge in [-0.3, -0.25) is 0 Å². The molecule has 0 aliphatic heterocycles. The molecule has 2 N–H and O–H groups in total. The van der Waals surface area contributed by atoms with Gasteiger partial charge >= 0.3 is 0 Å². The Kier molecular flexibility index (Phi) is 6.08. The minimum atomic E-state index is -0.0712. The van der Waals surface area contributed by atoms with E-state index in [1.165, 1.54) is 19.3 Å². The smallest absolute Gasteiger partial charge is 0.226 e. The molecule has 4 nitrogen and oxygen atoms in total. The molecule has 1 heterocycles. The van der Waals surface area contributed by atoms with Crippen LogP contribution in [0, 0.1) is 0 Å². The summed E-state index contributed by atoms with van der Waals surface area (Å²) in [5, 5.41) is 3.92. The maximum atomic E-state index is 5.91. The maximum absolute atomic E-state index is 5.91. The van der Waals surface area contributed by atoms with Crippen molar-refractivity contribution in [1.29, 1.82) is 0 Å². The summed E-state index contributed by atoms with van der Waals surface area (Å²) in [6.45, 7) is 4.31. The maximum Gasteiger partial charge on any atom is 0.226 e. The zero-order valence-corrected chi connectivity index (χ0v) is 10.4. The van der Waals surface area contributed by atoms with Crippen LogP contribution in [0.1, 0.15) is 70.1 Å². The first-order chi connectivity index (χ1) is 7.77. The third-order valence-corrected chi connectivity index (χ3v) is 2.66. The molecule has 1 rings (SSSR count). The number of hydrogen-bond acceptors (Lipinski definition) is 4. The summed E-state index contributed by atoms with van der Waals surface area (Å²) in [5.74, 6) is 1.39. The van der Waals surface area contributed by atoms with Crippen molar-refractivity contribution in [2.24, 2.45) is 5.73 Å². The quantitative estimate of drug-likeness (QED) is 0.691. The Morgan fingerprint density at radius 1 is 1.19 bits per heavy atom. The van der Waals surface area contributed by atoms with Crippen LogP contribution >= 0.6 is 0 Å². The predicted molar refractivity (Wildman–Crippen MR) is 64.0 cm³/mol. The predicted octanol–water partition coefficient (Wildman–Crippen LogP) is 2.99. The van der Waals surface area contributed by atoms with Gasteiger partial charge in [0.2, 0.25) is 5.89 Å². The zero-order chi connectivity index (χ0) is 11.8. The highest BCUT2D eigenvalue weighted by molar-refractivity contribution is 4.92. The van der Waals surface area contributed by atoms with E-state index in [-0.39, 0.29) is 6.04 Å². The van der Waals surface area contributed by atoms with Crippen molar-refractivity contribution in [1.82, 2.24) is 10.1 Å². The van der Waals surface area contributed by atoms with Crippen LogP contribution in [0.25, 0.3) is 0 Å². The summed E-state index contributed by atoms with van der Waals surface area (Å²) in [4.78, 5) is 4.32. The van der Waals surface area contributed by atoms with Crippen molar-refractivity contribution in [3.8, 4) is 0 Å². The lowest BCUT2D eigenvalue weighted by Crippen LogP contribution is -2.11. The van der Waals surface area contributed by atoms with Crippen LogP contribution in [-0.4, -0.2) is 10.1 Å². The monoisotopic (exact) mass is 225 g/mol. The summed E-state index contributed by atoms with van der Waals surface area (Å²) < 4.78 is 5.17. The molecule has 0 aliphatic rings. The molecule has 1 atom stereocenters. The Morgan fingerprint density at radius 2 is 2.00 bits per heavy atom. The minimum Gasteiger partial charge on any atom is -0.339 e. The number of rotatable bonds is 8. The third-order valence-electron chi connectivity index (χ3n) is 2.66. The van der Waals surface area contributed by atoms with E-state index in [4.69, 9.17) is 10.3 Å². The zero-order valence-electron chi connectivity index (χ0n) is 10.4. The van der Waals surface area contributed by atoms with Crippen molar-refractivity contribution >= 4 is 0 Å². The molecular formula is C12H23N3O. The summed E-state index contributed by atoms with van der Waals surface area (Å²) in [5.41, 5.74) is 5.91. The molecule has 4 heteroatoms. The van der Waals surface area contributed by atoms with E-state index in [0.717, 1.165) is 31.6 Å². The third kappa shape index (κ3) is 4.31. The highest BCUT2D eigenvalue weighted by atomic mass is 16.5. The number of aryl methyl sites for hydroxylation is 1. The van der Waals surface area contributed by atoms with Gasteiger partial charge in [0.15, 0.2) is 5.82 Å². The Hall–Kier alpha value is -0.900. The number of unbranched alkanes of at least 4 members (excludes halogenated alkanes) is 3. The van der Waals surface area contributed by atoms with Crippen LogP contribution in [0.3, 0.4) is 0 Å². The lowest BCUT2D eigenvalue weighted by atomic mass is 10.1. The topological polar surface area (TPSA) is 64.9 Å². The van der Waals surface area contributed by atoms with Crippen LogP contribution in [0.2, 0.25) is 0 Å². The van der Waals surface area contributed by atoms with E-state index in [9.17, 15) is 0 Å². The van der Waals surface area contributed by atoms with Gasteiger partial charge in [-0.05, 0) is 12.8 Å². The molecule has 0 saturated carbocycles. The first kappa shape index (κ1) is 13.2. The van der Waals surface area contributed by atoms with Gasteiger partial charge in [-0.15, -0.1) is 0 Å². The first-order valence-corrected chi connectivity index (χ1v) is 6.36. The number of hydrogen-bond donors (Lipinski definition) is 1. The highest BCUT2D eigenvalue weighted by Crippen LogP contribution is 2.13. The molecule has 1 aromatic heterocycles. The number of nitrogens with zero attached hydrogens (tertiary/aromatic N) is 2. The van der Waals surface area contributed by atoms with Gasteiger partial charge in [0.05, 0.1) is 6.04 Å². The Bertz CT molecular complexity index is 286. The van der Waals surface area contributed by atoms with E-state index in [1.54, 1.807) is 0 Å². The van der Waals surface area contributed by atoms with Gasteiger partial charge < -0.3 is 10.3 Å². The van der Waals surface area contributed by atoms with Gasteiger partial charge in [-0.2, -0.15) is 4.98 Å². The lowest BCUT2D eigenvalue weighted by molar-refractivity contribution is 0.364. The Labute approximate surface area is 97.6 Å². The molecule has 0 fully saturated rings. The molecule has 0 spiro atoms. The second-order valence-electron chi connectivity index (χ2n) is 4.25. The summed E-state index contributed by atoms with van der Waals surface area (Å²) in [6, 6.07) is -0.0712. The molecule has 0 saturated heterocycles. The van der Waals surface area contributed by atoms with E-state index in [1.807, 2.05) is 0 Å². The SMILES string of the molecule is CCCCCCc1nc(C(N)CCC)no1. The van der Waals surface area contributed by atoms with E-state index < -0.39 is 0 Å². The average Bonchev–Trinajstić information content (AvgIpc) is 2.73. The second kappa shape index (κ2) is 7.39. The molecule has 0 aromatic carbocycles. The molecular weight excluding hydrogens is 202 g/mol. The number of aromatic nitrogens is 2. The summed E-state index contributed by atoms with van der Waals surface area (Å²) in [7, 11) is 0. The van der Waals surface area contributed by atoms with Gasteiger partial charge in [0, 0.05) is 6.42 Å². The van der Waals surface area contributed by atoms with Crippen LogP contribution in [0.5, 0.6) is 0 Å². The highest BCUT2D eigenvalue weighted by Gasteiger charge is 2.12. The summed E-state index contributed by atoms with van der Waals surface area (Å²) in [6.07, 6.45) is 7.71. The molecule has 0 amide bonds. The lowest BCUT2D eigenvalue weighted by Gasteiger charge is -2.02. The first-order valence-electron chi connectivity index (χ1n) is 6.36. The van der Waals surface area contributed by atoms with Crippen LogP contribution in [0.15, 0.2) is 4.52 Å². The number of nitrogens with two attached hydrogens (primary N) is 1. The van der Waals surface area contributed by atoms with Gasteiger partial charge in [-0.1, -0.05) is 44.7 Å². The summed E-state index contributed by atoms with van der Waals surface area (Å²) >= 11 is 0. The van der Waals surface area contributed by atoms with Crippen molar-refractivity contribution in [3.05, 3.63) is 11.7 Å². The van der Waals surface area contributed by atoms with Crippen molar-refractivity contribution in [2.75, 3.05) is 0 Å². The van der Waals surface area contributed by atoms with Gasteiger partial charge in [0.1, 0.15) is 0 Å². The van der Waals surface area contributed by atoms with Gasteiger partial charge in [0.25, 0.3) is 0 Å². The fraction of sp³-hybridized carbons (Fsp3) is 0.833. The Morgan fingerprint density at radius 3 is 2.69 bits per heavy atom. The molecule has 0 bridgehead atoms. The van der Waals surface area contributed by atoms with Crippen molar-refractivity contribution in [3.63, 3.8) is 0 Å². The molecule has 92 valence electrons. The fourth-order valence-electron chi connectivity index (χ4n) is 1.66. The van der Waals surface area contributed by atoms with Gasteiger partial charge in [-0.25, -0.2) is 0 Å². The van der Waals surface area contributed by atoms with Crippen LogP contribution < -0.4 is 5.73 Å². The van der Waals surface area contributed by atoms with Crippen molar-refractivity contribution in [2.45, 2.75) is 64.8 Å². The van der Waals surface area contributed by atoms with Crippen LogP contribution in [0.4, 0.5) is 0 Å². The molecule has 0 radical (unpaired) electrons. The van der Waals surface area contributed by atoms with E-state index in [2.05, 4.69) is 24.0 Å².